The van der Waals surface area contributed by atoms with Gasteiger partial charge in [-0.2, -0.15) is 0 Å². The fourth-order valence-electron chi connectivity index (χ4n) is 14.6. The van der Waals surface area contributed by atoms with Gasteiger partial charge >= 0.3 is 11.9 Å². The number of esters is 2. The van der Waals surface area contributed by atoms with Gasteiger partial charge in [-0.25, -0.2) is 4.79 Å². The first-order chi connectivity index (χ1) is 25.7. The number of aryl methyl sites for hydroxylation is 1. The molecule has 0 aromatic heterocycles. The highest BCUT2D eigenvalue weighted by Gasteiger charge is 2.93. The van der Waals surface area contributed by atoms with Gasteiger partial charge in [0.15, 0.2) is 11.4 Å². The largest absolute Gasteiger partial charge is 0.509 e. The van der Waals surface area contributed by atoms with Crippen LogP contribution in [0.4, 0.5) is 0 Å². The van der Waals surface area contributed by atoms with Crippen molar-refractivity contribution in [3.8, 4) is 0 Å². The van der Waals surface area contributed by atoms with E-state index in [4.69, 9.17) is 15.2 Å². The van der Waals surface area contributed by atoms with E-state index >= 15 is 4.79 Å². The molecule has 10 atom stereocenters. The number of hydrogen-bond donors (Lipinski definition) is 2. The molecule has 3 N–H and O–H groups in total. The molecule has 1 saturated carbocycles. The number of fused-ring (bicyclic) bond motifs is 2. The maximum atomic E-state index is 15.4. The Balaban J connectivity index is 1.25. The van der Waals surface area contributed by atoms with Crippen molar-refractivity contribution < 1.29 is 24.2 Å². The Morgan fingerprint density at radius 1 is 1.04 bits per heavy atom. The number of rotatable bonds is 7. The van der Waals surface area contributed by atoms with E-state index < -0.39 is 16.4 Å². The second-order valence-electron chi connectivity index (χ2n) is 18.6. The van der Waals surface area contributed by atoms with Gasteiger partial charge in [0.2, 0.25) is 0 Å². The third-order valence-electron chi connectivity index (χ3n) is 16.2. The molecule has 8 heteroatoms. The van der Waals surface area contributed by atoms with E-state index in [2.05, 4.69) is 48.8 Å². The average molecular weight is 722 g/mol. The molecule has 12 aliphatic rings. The number of nitrogens with two attached hydrogens (primary N) is 1. The summed E-state index contributed by atoms with van der Waals surface area (Å²) in [6.07, 6.45) is 13.8. The van der Waals surface area contributed by atoms with Gasteiger partial charge in [-0.1, -0.05) is 69.0 Å². The van der Waals surface area contributed by atoms with E-state index in [0.29, 0.717) is 66.7 Å². The first kappa shape index (κ1) is 34.4. The summed E-state index contributed by atoms with van der Waals surface area (Å²) in [6.45, 7) is 11.7. The van der Waals surface area contributed by atoms with Crippen molar-refractivity contribution in [2.75, 3.05) is 32.7 Å². The van der Waals surface area contributed by atoms with E-state index in [1.165, 1.54) is 23.3 Å². The molecule has 13 rings (SSSR count). The normalized spacial score (nSPS) is 41.9. The lowest BCUT2D eigenvalue weighted by Gasteiger charge is -2.71. The fourth-order valence-corrected chi connectivity index (χ4v) is 14.6. The van der Waals surface area contributed by atoms with Crippen molar-refractivity contribution in [3.63, 3.8) is 0 Å². The molecule has 53 heavy (non-hydrogen) atoms. The highest BCUT2D eigenvalue weighted by atomic mass is 16.6. The SMILES string of the molecule is CCCC1CC(O)=C2OC(=O)C34C5=C(CCC23C2(OC(=O)c3c(CCCN)cccc32)C4CCC)C2C(=CCC(C)C2CC5)N2CC3CC(C2)CN1C3. The Bertz CT molecular complexity index is 1830. The van der Waals surface area contributed by atoms with Crippen LogP contribution in [0.3, 0.4) is 0 Å². The molecule has 8 nitrogen and oxygen atoms in total. The summed E-state index contributed by atoms with van der Waals surface area (Å²) < 4.78 is 13.7. The Kier molecular flexibility index (Phi) is 7.92. The van der Waals surface area contributed by atoms with Gasteiger partial charge in [-0.05, 0) is 100.0 Å². The summed E-state index contributed by atoms with van der Waals surface area (Å²) in [6, 6.07) is 6.35. The van der Waals surface area contributed by atoms with Gasteiger partial charge < -0.3 is 25.2 Å². The molecule has 3 saturated heterocycles. The molecule has 4 fully saturated rings. The number of hydrogen-bond acceptors (Lipinski definition) is 8. The maximum absolute atomic E-state index is 15.4. The van der Waals surface area contributed by atoms with Crippen molar-refractivity contribution in [1.29, 1.82) is 0 Å². The monoisotopic (exact) mass is 721 g/mol. The maximum Gasteiger partial charge on any atom is 0.339 e. The van der Waals surface area contributed by atoms with Crippen molar-refractivity contribution >= 4 is 11.9 Å². The standard InChI is InChI=1S/C45H59N3O5/c1-4-8-30-21-36(49)40-43-18-17-32-33(15-14-31-26(3)13-16-35(39(31)32)48-24-27-20-28(25-48)23-47(30)22-27)44(43,42(51)52-40)37(9-5-2)45(43)34-12-6-10-29(11-7-19-46)38(34)41(50)53-45/h6,10,12,16,26-28,30-31,37,39,49H,4-5,7-9,11,13-15,17-25,46H2,1-3H3. The van der Waals surface area contributed by atoms with Gasteiger partial charge in [-0.3, -0.25) is 9.69 Å². The average Bonchev–Trinajstić information content (AvgIpc) is 3.61. The Morgan fingerprint density at radius 2 is 1.83 bits per heavy atom. The summed E-state index contributed by atoms with van der Waals surface area (Å²) in [5.41, 5.74) is 9.71. The highest BCUT2D eigenvalue weighted by Crippen LogP contribution is 2.87. The van der Waals surface area contributed by atoms with Crippen molar-refractivity contribution in [2.24, 2.45) is 52.1 Å². The summed E-state index contributed by atoms with van der Waals surface area (Å²) in [5.74, 6) is 2.49. The van der Waals surface area contributed by atoms with E-state index in [1.54, 1.807) is 0 Å². The van der Waals surface area contributed by atoms with Crippen molar-refractivity contribution in [2.45, 2.75) is 116 Å². The molecule has 4 aliphatic carbocycles. The predicted octanol–water partition coefficient (Wildman–Crippen LogP) is 7.54. The Labute approximate surface area is 315 Å². The Hall–Kier alpha value is -3.10. The number of piperidine rings is 2. The molecule has 1 aromatic rings. The van der Waals surface area contributed by atoms with Gasteiger partial charge in [0, 0.05) is 61.7 Å². The molecule has 10 bridgehead atoms. The third-order valence-corrected chi connectivity index (χ3v) is 16.2. The quantitative estimate of drug-likeness (QED) is 0.220. The lowest BCUT2D eigenvalue weighted by Crippen LogP contribution is -2.77. The van der Waals surface area contributed by atoms with Crippen LogP contribution in [0.15, 0.2) is 52.6 Å². The zero-order valence-corrected chi connectivity index (χ0v) is 32.1. The van der Waals surface area contributed by atoms with Crippen molar-refractivity contribution in [3.05, 3.63) is 69.3 Å². The van der Waals surface area contributed by atoms with Crippen molar-refractivity contribution in [1.82, 2.24) is 9.80 Å². The van der Waals surface area contributed by atoms with Crippen LogP contribution in [0.25, 0.3) is 0 Å². The van der Waals surface area contributed by atoms with E-state index in [0.717, 1.165) is 95.1 Å². The van der Waals surface area contributed by atoms with Gasteiger partial charge in [-0.15, -0.1) is 0 Å². The number of benzene rings is 1. The van der Waals surface area contributed by atoms with Crippen LogP contribution >= 0.6 is 0 Å². The molecular formula is C45H59N3O5. The molecule has 0 radical (unpaired) electrons. The number of aliphatic hydroxyl groups is 1. The predicted molar refractivity (Wildman–Crippen MR) is 202 cm³/mol. The lowest BCUT2D eigenvalue weighted by molar-refractivity contribution is -0.278. The minimum atomic E-state index is -1.09. The zero-order chi connectivity index (χ0) is 36.4. The lowest BCUT2D eigenvalue weighted by atomic mass is 9.28. The summed E-state index contributed by atoms with van der Waals surface area (Å²) in [5, 5.41) is 12.7. The van der Waals surface area contributed by atoms with Crippen LogP contribution in [0.5, 0.6) is 0 Å². The zero-order valence-electron chi connectivity index (χ0n) is 32.1. The van der Waals surface area contributed by atoms with Gasteiger partial charge in [0.25, 0.3) is 0 Å². The molecule has 2 spiro atoms. The second-order valence-corrected chi connectivity index (χ2v) is 18.6. The number of carbonyl (C=O) groups excluding carboxylic acids is 2. The number of allylic oxidation sites excluding steroid dienone is 2. The van der Waals surface area contributed by atoms with Crippen LogP contribution in [-0.2, 0) is 26.3 Å². The minimum Gasteiger partial charge on any atom is -0.509 e. The molecule has 1 aromatic carbocycles. The van der Waals surface area contributed by atoms with Crippen LogP contribution in [0.1, 0.15) is 119 Å². The topological polar surface area (TPSA) is 105 Å². The highest BCUT2D eigenvalue weighted by molar-refractivity contribution is 6.00. The van der Waals surface area contributed by atoms with Gasteiger partial charge in [0.05, 0.1) is 11.0 Å². The van der Waals surface area contributed by atoms with E-state index in [1.807, 2.05) is 6.07 Å². The molecule has 8 aliphatic heterocycles. The van der Waals surface area contributed by atoms with Crippen LogP contribution in [0.2, 0.25) is 0 Å². The smallest absolute Gasteiger partial charge is 0.339 e. The van der Waals surface area contributed by atoms with Crippen LogP contribution < -0.4 is 5.73 Å². The van der Waals surface area contributed by atoms with Crippen LogP contribution in [0, 0.1) is 46.3 Å². The number of aliphatic hydroxyl groups excluding tert-OH is 1. The Morgan fingerprint density at radius 3 is 2.58 bits per heavy atom. The first-order valence-corrected chi connectivity index (χ1v) is 21.4. The van der Waals surface area contributed by atoms with E-state index in [9.17, 15) is 9.90 Å². The first-order valence-electron chi connectivity index (χ1n) is 21.4. The minimum absolute atomic E-state index is 0.153. The molecule has 10 unspecified atom stereocenters. The summed E-state index contributed by atoms with van der Waals surface area (Å²) >= 11 is 0. The number of carbonyl (C=O) groups is 2. The summed E-state index contributed by atoms with van der Waals surface area (Å²) in [4.78, 5) is 35.3. The number of nitrogens with zero attached hydrogens (tertiary/aromatic N) is 2. The molecule has 284 valence electrons. The number of ether oxygens (including phenoxy) is 2. The molecule has 0 amide bonds. The third kappa shape index (κ3) is 4.21. The molecular weight excluding hydrogens is 663 g/mol. The van der Waals surface area contributed by atoms with Gasteiger partial charge in [0.1, 0.15) is 11.2 Å². The fraction of sp³-hybridized carbons (Fsp3) is 0.689. The van der Waals surface area contributed by atoms with E-state index in [-0.39, 0.29) is 29.7 Å². The molecule has 8 heterocycles. The van der Waals surface area contributed by atoms with Crippen LogP contribution in [-0.4, -0.2) is 65.6 Å². The summed E-state index contributed by atoms with van der Waals surface area (Å²) in [7, 11) is 0. The second kappa shape index (κ2) is 12.2.